The molecule has 0 aliphatic carbocycles. The van der Waals surface area contributed by atoms with Crippen molar-refractivity contribution in [3.8, 4) is 5.75 Å². The van der Waals surface area contributed by atoms with Crippen LogP contribution >= 0.6 is 11.8 Å². The third-order valence-electron chi connectivity index (χ3n) is 4.35. The second-order valence-corrected chi connectivity index (χ2v) is 9.33. The Kier molecular flexibility index (Phi) is 6.12. The number of hydrogen-bond donors (Lipinski definition) is 4. The number of carboxylic acid groups (broad SMARTS) is 1. The Bertz CT molecular complexity index is 1010. The van der Waals surface area contributed by atoms with Crippen molar-refractivity contribution in [1.82, 2.24) is 10.2 Å². The van der Waals surface area contributed by atoms with Crippen LogP contribution in [0.3, 0.4) is 0 Å². The zero-order valence-electron chi connectivity index (χ0n) is 15.7. The highest BCUT2D eigenvalue weighted by Gasteiger charge is 2.55. The predicted molar refractivity (Wildman–Crippen MR) is 107 cm³/mol. The maximum atomic E-state index is 12.5. The lowest BCUT2D eigenvalue weighted by Crippen LogP contribution is -2.71. The number of aromatic hydroxyl groups is 1. The van der Waals surface area contributed by atoms with Crippen LogP contribution in [0.15, 0.2) is 35.7 Å². The third-order valence-corrected chi connectivity index (χ3v) is 6.77. The molecule has 2 aliphatic rings. The van der Waals surface area contributed by atoms with Crippen molar-refractivity contribution >= 4 is 45.4 Å². The second-order valence-electron chi connectivity index (χ2n) is 6.36. The maximum absolute atomic E-state index is 12.5. The number of hydrogen-bond acceptors (Lipinski definition) is 9. The highest BCUT2D eigenvalue weighted by molar-refractivity contribution is 8.00. The van der Waals surface area contributed by atoms with E-state index in [0.29, 0.717) is 5.69 Å². The predicted octanol–water partition coefficient (Wildman–Crippen LogP) is -0.133. The molecule has 1 aromatic rings. The van der Waals surface area contributed by atoms with Crippen molar-refractivity contribution in [3.63, 3.8) is 0 Å². The standard InChI is InChI=1S/C17H19N3O8S2/c1-2-30(26,27)28-11-8-29-16-13(15(23)20(16)14(11)17(24)25)19-12(22)7-18-9-3-5-10(21)6-4-9/h3-6,13,16,18,21H,2,7-8H2,1H3,(H,19,22)(H,24,25)/t13?,16-/m0/s1. The summed E-state index contributed by atoms with van der Waals surface area (Å²) in [4.78, 5) is 37.2. The summed E-state index contributed by atoms with van der Waals surface area (Å²) in [6.45, 7) is 1.21. The molecule has 2 atom stereocenters. The van der Waals surface area contributed by atoms with Gasteiger partial charge < -0.3 is 25.0 Å². The topological polar surface area (TPSA) is 162 Å². The molecular weight excluding hydrogens is 438 g/mol. The van der Waals surface area contributed by atoms with E-state index in [4.69, 9.17) is 4.18 Å². The van der Waals surface area contributed by atoms with E-state index in [2.05, 4.69) is 10.6 Å². The van der Waals surface area contributed by atoms with Crippen LogP contribution < -0.4 is 10.6 Å². The normalized spacial score (nSPS) is 20.8. The van der Waals surface area contributed by atoms with Gasteiger partial charge >= 0.3 is 16.1 Å². The van der Waals surface area contributed by atoms with E-state index in [1.165, 1.54) is 19.1 Å². The summed E-state index contributed by atoms with van der Waals surface area (Å²) in [6.07, 6.45) is 0. The van der Waals surface area contributed by atoms with Gasteiger partial charge in [0.15, 0.2) is 11.5 Å². The van der Waals surface area contributed by atoms with E-state index in [9.17, 15) is 33.0 Å². The van der Waals surface area contributed by atoms with Crippen LogP contribution in [0.25, 0.3) is 0 Å². The first-order chi connectivity index (χ1) is 14.1. The Morgan fingerprint density at radius 1 is 1.30 bits per heavy atom. The summed E-state index contributed by atoms with van der Waals surface area (Å²) in [5.74, 6) is -3.31. The Hall–Kier alpha value is -2.93. The van der Waals surface area contributed by atoms with Gasteiger partial charge in [-0.3, -0.25) is 14.5 Å². The Morgan fingerprint density at radius 3 is 2.57 bits per heavy atom. The molecule has 0 spiro atoms. The molecule has 162 valence electrons. The van der Waals surface area contributed by atoms with Crippen molar-refractivity contribution in [1.29, 1.82) is 0 Å². The first-order valence-corrected chi connectivity index (χ1v) is 11.4. The van der Waals surface area contributed by atoms with Gasteiger partial charge in [-0.1, -0.05) is 0 Å². The first kappa shape index (κ1) is 21.8. The number of amides is 2. The van der Waals surface area contributed by atoms with E-state index in [1.807, 2.05) is 0 Å². The molecule has 3 rings (SSSR count). The van der Waals surface area contributed by atoms with Gasteiger partial charge in [0.05, 0.1) is 18.1 Å². The highest BCUT2D eigenvalue weighted by Crippen LogP contribution is 2.41. The van der Waals surface area contributed by atoms with Crippen LogP contribution in [0, 0.1) is 0 Å². The van der Waals surface area contributed by atoms with Crippen molar-refractivity contribution in [3.05, 3.63) is 35.7 Å². The molecule has 2 aliphatic heterocycles. The van der Waals surface area contributed by atoms with Crippen LogP contribution in [0.4, 0.5) is 5.69 Å². The van der Waals surface area contributed by atoms with Gasteiger partial charge in [-0.25, -0.2) is 4.79 Å². The highest BCUT2D eigenvalue weighted by atomic mass is 32.2. The number of rotatable bonds is 8. The minimum Gasteiger partial charge on any atom is -0.508 e. The fourth-order valence-electron chi connectivity index (χ4n) is 2.85. The number of nitrogens with zero attached hydrogens (tertiary/aromatic N) is 1. The van der Waals surface area contributed by atoms with E-state index < -0.39 is 45.0 Å². The number of thioether (sulfide) groups is 1. The number of carbonyl (C=O) groups is 3. The van der Waals surface area contributed by atoms with Crippen molar-refractivity contribution < 1.29 is 37.2 Å². The molecule has 30 heavy (non-hydrogen) atoms. The molecule has 0 aromatic heterocycles. The Labute approximate surface area is 176 Å². The van der Waals surface area contributed by atoms with Crippen LogP contribution in [-0.4, -0.2) is 70.8 Å². The van der Waals surface area contributed by atoms with E-state index in [0.717, 1.165) is 16.7 Å². The number of aliphatic carboxylic acids is 1. The molecule has 4 N–H and O–H groups in total. The zero-order chi connectivity index (χ0) is 22.1. The molecule has 13 heteroatoms. The van der Waals surface area contributed by atoms with Crippen molar-refractivity contribution in [2.24, 2.45) is 0 Å². The first-order valence-electron chi connectivity index (χ1n) is 8.78. The molecule has 0 bridgehead atoms. The summed E-state index contributed by atoms with van der Waals surface area (Å²) in [7, 11) is -3.95. The van der Waals surface area contributed by atoms with Gasteiger partial charge in [0.2, 0.25) is 5.91 Å². The minimum atomic E-state index is -3.95. The number of anilines is 1. The van der Waals surface area contributed by atoms with Crippen LogP contribution in [0.5, 0.6) is 5.75 Å². The summed E-state index contributed by atoms with van der Waals surface area (Å²) in [5.41, 5.74) is 0.0556. The molecule has 11 nitrogen and oxygen atoms in total. The van der Waals surface area contributed by atoms with Gasteiger partial charge in [-0.05, 0) is 31.2 Å². The summed E-state index contributed by atoms with van der Waals surface area (Å²) in [5, 5.41) is 23.4. The summed E-state index contributed by atoms with van der Waals surface area (Å²) in [6, 6.07) is 5.11. The minimum absolute atomic E-state index is 0.0760. The molecular formula is C17H19N3O8S2. The van der Waals surface area contributed by atoms with Gasteiger partial charge in [-0.15, -0.1) is 11.8 Å². The molecule has 1 saturated heterocycles. The number of carboxylic acids is 1. The van der Waals surface area contributed by atoms with E-state index >= 15 is 0 Å². The molecule has 2 heterocycles. The monoisotopic (exact) mass is 457 g/mol. The number of nitrogens with one attached hydrogen (secondary N) is 2. The number of carbonyl (C=O) groups excluding carboxylic acids is 2. The maximum Gasteiger partial charge on any atom is 0.356 e. The molecule has 1 unspecified atom stereocenters. The lowest BCUT2D eigenvalue weighted by Gasteiger charge is -2.48. The Morgan fingerprint density at radius 2 is 1.97 bits per heavy atom. The van der Waals surface area contributed by atoms with Gasteiger partial charge in [0.25, 0.3) is 5.91 Å². The fourth-order valence-corrected chi connectivity index (χ4v) is 4.74. The average molecular weight is 457 g/mol. The largest absolute Gasteiger partial charge is 0.508 e. The molecule has 1 fully saturated rings. The van der Waals surface area contributed by atoms with E-state index in [1.54, 1.807) is 12.1 Å². The third kappa shape index (κ3) is 4.46. The lowest BCUT2D eigenvalue weighted by atomic mass is 10.0. The van der Waals surface area contributed by atoms with Crippen molar-refractivity contribution in [2.45, 2.75) is 18.3 Å². The summed E-state index contributed by atoms with van der Waals surface area (Å²) >= 11 is 1.09. The number of phenols is 1. The van der Waals surface area contributed by atoms with Gasteiger partial charge in [-0.2, -0.15) is 8.42 Å². The van der Waals surface area contributed by atoms with Gasteiger partial charge in [0.1, 0.15) is 17.2 Å². The number of benzene rings is 1. The number of phenolic OH excluding ortho intramolecular Hbond substituents is 1. The molecule has 1 aromatic carbocycles. The molecule has 2 amide bonds. The lowest BCUT2D eigenvalue weighted by molar-refractivity contribution is -0.150. The summed E-state index contributed by atoms with van der Waals surface area (Å²) < 4.78 is 28.3. The van der Waals surface area contributed by atoms with Crippen LogP contribution in [0.2, 0.25) is 0 Å². The van der Waals surface area contributed by atoms with Gasteiger partial charge in [0, 0.05) is 5.69 Å². The fraction of sp³-hybridized carbons (Fsp3) is 0.353. The smallest absolute Gasteiger partial charge is 0.356 e. The Balaban J connectivity index is 1.65. The molecule has 0 radical (unpaired) electrons. The second kappa shape index (κ2) is 8.44. The number of β-lactam (4-membered cyclic amide) rings is 1. The molecule has 0 saturated carbocycles. The van der Waals surface area contributed by atoms with Crippen LogP contribution in [-0.2, 0) is 28.7 Å². The number of fused-ring (bicyclic) bond motifs is 1. The van der Waals surface area contributed by atoms with E-state index in [-0.39, 0.29) is 29.6 Å². The quantitative estimate of drug-likeness (QED) is 0.235. The van der Waals surface area contributed by atoms with Crippen LogP contribution in [0.1, 0.15) is 6.92 Å². The average Bonchev–Trinajstić information content (AvgIpc) is 2.70. The van der Waals surface area contributed by atoms with Crippen molar-refractivity contribution in [2.75, 3.05) is 23.4 Å². The SMILES string of the molecule is CCS(=O)(=O)OC1=C(C(=O)O)N2C(=O)C(NC(=O)CNc3ccc(O)cc3)[C@@H]2SC1. The zero-order valence-corrected chi connectivity index (χ0v) is 17.3.